The molecule has 2 fully saturated rings. The Morgan fingerprint density at radius 1 is 1.38 bits per heavy atom. The summed E-state index contributed by atoms with van der Waals surface area (Å²) >= 11 is 2.00. The van der Waals surface area contributed by atoms with E-state index >= 15 is 0 Å². The van der Waals surface area contributed by atoms with E-state index in [0.717, 1.165) is 6.42 Å². The standard InChI is InChI=1S/C10H17NOS/c12-10(11-9-3-4-9)6-8-2-1-5-13-7-8/h8-9H,1-7H2,(H,11,12). The van der Waals surface area contributed by atoms with Gasteiger partial charge >= 0.3 is 0 Å². The largest absolute Gasteiger partial charge is 0.353 e. The van der Waals surface area contributed by atoms with Crippen molar-refractivity contribution in [3.63, 3.8) is 0 Å². The van der Waals surface area contributed by atoms with Crippen LogP contribution in [0, 0.1) is 5.92 Å². The Morgan fingerprint density at radius 3 is 2.85 bits per heavy atom. The molecule has 0 spiro atoms. The molecular formula is C10H17NOS. The van der Waals surface area contributed by atoms with E-state index in [1.54, 1.807) is 0 Å². The van der Waals surface area contributed by atoms with Crippen LogP contribution in [0.1, 0.15) is 32.1 Å². The summed E-state index contributed by atoms with van der Waals surface area (Å²) < 4.78 is 0. The summed E-state index contributed by atoms with van der Waals surface area (Å²) in [4.78, 5) is 11.4. The second-order valence-electron chi connectivity index (χ2n) is 4.13. The predicted octanol–water partition coefficient (Wildman–Crippen LogP) is 1.80. The van der Waals surface area contributed by atoms with Crippen LogP contribution >= 0.6 is 11.8 Å². The molecule has 13 heavy (non-hydrogen) atoms. The topological polar surface area (TPSA) is 29.1 Å². The number of hydrogen-bond donors (Lipinski definition) is 1. The Morgan fingerprint density at radius 2 is 2.23 bits per heavy atom. The lowest BCUT2D eigenvalue weighted by atomic mass is 10.0. The van der Waals surface area contributed by atoms with Crippen LogP contribution < -0.4 is 5.32 Å². The fourth-order valence-electron chi connectivity index (χ4n) is 1.74. The number of hydrogen-bond acceptors (Lipinski definition) is 2. The summed E-state index contributed by atoms with van der Waals surface area (Å²) in [7, 11) is 0. The number of nitrogens with one attached hydrogen (secondary N) is 1. The molecule has 0 radical (unpaired) electrons. The fourth-order valence-corrected chi connectivity index (χ4v) is 2.90. The van der Waals surface area contributed by atoms with Crippen molar-refractivity contribution in [2.45, 2.75) is 38.1 Å². The summed E-state index contributed by atoms with van der Waals surface area (Å²) in [5.41, 5.74) is 0. The molecule has 0 aromatic rings. The first-order valence-electron chi connectivity index (χ1n) is 5.21. The lowest BCUT2D eigenvalue weighted by Gasteiger charge is -2.20. The molecule has 0 aromatic carbocycles. The number of thioether (sulfide) groups is 1. The van der Waals surface area contributed by atoms with Gasteiger partial charge in [0.05, 0.1) is 0 Å². The van der Waals surface area contributed by atoms with E-state index in [1.807, 2.05) is 11.8 Å². The minimum absolute atomic E-state index is 0.287. The van der Waals surface area contributed by atoms with E-state index < -0.39 is 0 Å². The van der Waals surface area contributed by atoms with E-state index in [-0.39, 0.29) is 5.91 Å². The third-order valence-electron chi connectivity index (χ3n) is 2.67. The molecule has 1 saturated heterocycles. The van der Waals surface area contributed by atoms with Crippen LogP contribution in [-0.2, 0) is 4.79 Å². The average molecular weight is 199 g/mol. The zero-order valence-electron chi connectivity index (χ0n) is 7.92. The molecule has 2 aliphatic rings. The number of carbonyl (C=O) groups is 1. The summed E-state index contributed by atoms with van der Waals surface area (Å²) in [5, 5.41) is 3.05. The van der Waals surface area contributed by atoms with E-state index in [9.17, 15) is 4.79 Å². The second kappa shape index (κ2) is 4.36. The van der Waals surface area contributed by atoms with Crippen LogP contribution in [-0.4, -0.2) is 23.5 Å². The monoisotopic (exact) mass is 199 g/mol. The first kappa shape index (κ1) is 9.38. The van der Waals surface area contributed by atoms with Crippen molar-refractivity contribution in [3.05, 3.63) is 0 Å². The average Bonchev–Trinajstić information content (AvgIpc) is 2.90. The van der Waals surface area contributed by atoms with Gasteiger partial charge in [0.1, 0.15) is 0 Å². The van der Waals surface area contributed by atoms with Crippen LogP contribution in [0.15, 0.2) is 0 Å². The molecule has 0 aromatic heterocycles. The minimum Gasteiger partial charge on any atom is -0.353 e. The fraction of sp³-hybridized carbons (Fsp3) is 0.900. The zero-order chi connectivity index (χ0) is 9.10. The van der Waals surface area contributed by atoms with Crippen LogP contribution in [0.5, 0.6) is 0 Å². The van der Waals surface area contributed by atoms with Crippen LogP contribution in [0.3, 0.4) is 0 Å². The Balaban J connectivity index is 1.66. The van der Waals surface area contributed by atoms with Gasteiger partial charge in [-0.05, 0) is 43.1 Å². The molecule has 1 heterocycles. The van der Waals surface area contributed by atoms with Crippen molar-refractivity contribution in [3.8, 4) is 0 Å². The molecule has 1 atom stereocenters. The number of rotatable bonds is 3. The normalized spacial score (nSPS) is 28.5. The summed E-state index contributed by atoms with van der Waals surface area (Å²) in [5.74, 6) is 3.42. The lowest BCUT2D eigenvalue weighted by Crippen LogP contribution is -2.28. The molecule has 1 N–H and O–H groups in total. The Kier molecular flexibility index (Phi) is 3.14. The van der Waals surface area contributed by atoms with Gasteiger partial charge < -0.3 is 5.32 Å². The summed E-state index contributed by atoms with van der Waals surface area (Å²) in [6.45, 7) is 0. The molecule has 1 saturated carbocycles. The second-order valence-corrected chi connectivity index (χ2v) is 5.28. The predicted molar refractivity (Wildman–Crippen MR) is 55.8 cm³/mol. The maximum Gasteiger partial charge on any atom is 0.220 e. The molecule has 1 aliphatic heterocycles. The van der Waals surface area contributed by atoms with Gasteiger partial charge in [0.15, 0.2) is 0 Å². The minimum atomic E-state index is 0.287. The van der Waals surface area contributed by atoms with E-state index in [2.05, 4.69) is 5.32 Å². The van der Waals surface area contributed by atoms with E-state index in [0.29, 0.717) is 12.0 Å². The van der Waals surface area contributed by atoms with Gasteiger partial charge in [-0.15, -0.1) is 0 Å². The van der Waals surface area contributed by atoms with Crippen molar-refractivity contribution in [1.29, 1.82) is 0 Å². The smallest absolute Gasteiger partial charge is 0.220 e. The summed E-state index contributed by atoms with van der Waals surface area (Å²) in [6, 6.07) is 0.531. The van der Waals surface area contributed by atoms with Crippen LogP contribution in [0.4, 0.5) is 0 Å². The molecule has 1 aliphatic carbocycles. The third kappa shape index (κ3) is 3.22. The van der Waals surface area contributed by atoms with Gasteiger partial charge in [0, 0.05) is 12.5 Å². The molecule has 2 rings (SSSR count). The highest BCUT2D eigenvalue weighted by molar-refractivity contribution is 7.99. The number of amides is 1. The van der Waals surface area contributed by atoms with Crippen molar-refractivity contribution < 1.29 is 4.79 Å². The number of carbonyl (C=O) groups excluding carboxylic acids is 1. The van der Waals surface area contributed by atoms with Crippen LogP contribution in [0.25, 0.3) is 0 Å². The highest BCUT2D eigenvalue weighted by atomic mass is 32.2. The van der Waals surface area contributed by atoms with Gasteiger partial charge in [-0.3, -0.25) is 4.79 Å². The maximum atomic E-state index is 11.4. The van der Waals surface area contributed by atoms with Gasteiger partial charge in [0.25, 0.3) is 0 Å². The zero-order valence-corrected chi connectivity index (χ0v) is 8.74. The van der Waals surface area contributed by atoms with Gasteiger partial charge in [-0.2, -0.15) is 11.8 Å². The molecule has 0 bridgehead atoms. The summed E-state index contributed by atoms with van der Waals surface area (Å²) in [6.07, 6.45) is 5.72. The van der Waals surface area contributed by atoms with E-state index in [1.165, 1.54) is 37.2 Å². The SMILES string of the molecule is O=C(CC1CCCSC1)NC1CC1. The van der Waals surface area contributed by atoms with Gasteiger partial charge in [-0.25, -0.2) is 0 Å². The highest BCUT2D eigenvalue weighted by Crippen LogP contribution is 2.25. The molecule has 74 valence electrons. The molecule has 1 amide bonds. The van der Waals surface area contributed by atoms with Crippen molar-refractivity contribution in [2.75, 3.05) is 11.5 Å². The first-order chi connectivity index (χ1) is 6.34. The molecular weight excluding hydrogens is 182 g/mol. The molecule has 3 heteroatoms. The highest BCUT2D eigenvalue weighted by Gasteiger charge is 2.25. The first-order valence-corrected chi connectivity index (χ1v) is 6.37. The van der Waals surface area contributed by atoms with Crippen molar-refractivity contribution in [2.24, 2.45) is 5.92 Å². The quantitative estimate of drug-likeness (QED) is 0.751. The van der Waals surface area contributed by atoms with E-state index in [4.69, 9.17) is 0 Å². The molecule has 2 nitrogen and oxygen atoms in total. The van der Waals surface area contributed by atoms with Crippen LogP contribution in [0.2, 0.25) is 0 Å². The van der Waals surface area contributed by atoms with Crippen molar-refractivity contribution in [1.82, 2.24) is 5.32 Å². The Hall–Kier alpha value is -0.180. The third-order valence-corrected chi connectivity index (χ3v) is 3.96. The Bertz CT molecular complexity index is 185. The van der Waals surface area contributed by atoms with Gasteiger partial charge in [-0.1, -0.05) is 0 Å². The molecule has 1 unspecified atom stereocenters. The van der Waals surface area contributed by atoms with Gasteiger partial charge in [0.2, 0.25) is 5.91 Å². The Labute approximate surface area is 83.8 Å². The van der Waals surface area contributed by atoms with Crippen molar-refractivity contribution >= 4 is 17.7 Å². The maximum absolute atomic E-state index is 11.4. The lowest BCUT2D eigenvalue weighted by molar-refractivity contribution is -0.122.